The summed E-state index contributed by atoms with van der Waals surface area (Å²) in [7, 11) is 1.60. The van der Waals surface area contributed by atoms with Crippen LogP contribution in [-0.4, -0.2) is 79.9 Å². The van der Waals surface area contributed by atoms with E-state index in [2.05, 4.69) is 43.3 Å². The van der Waals surface area contributed by atoms with Gasteiger partial charge in [0.05, 0.1) is 13.2 Å². The lowest BCUT2D eigenvalue weighted by atomic mass is 9.92. The highest BCUT2D eigenvalue weighted by Crippen LogP contribution is 2.31. The maximum absolute atomic E-state index is 12.9. The van der Waals surface area contributed by atoms with Crippen LogP contribution in [0.2, 0.25) is 0 Å². The quantitative estimate of drug-likeness (QED) is 0.299. The molecule has 0 radical (unpaired) electrons. The number of piperidine rings is 1. The van der Waals surface area contributed by atoms with Crippen molar-refractivity contribution in [3.63, 3.8) is 0 Å². The minimum Gasteiger partial charge on any atom is -0.490 e. The number of methoxy groups -OCH3 is 1. The first-order valence-electron chi connectivity index (χ1n) is 15.4. The summed E-state index contributed by atoms with van der Waals surface area (Å²) in [6.45, 7) is 6.61. The monoisotopic (exact) mass is 605 g/mol. The summed E-state index contributed by atoms with van der Waals surface area (Å²) in [6, 6.07) is 12.7. The van der Waals surface area contributed by atoms with E-state index in [9.17, 15) is 9.59 Å². The number of amidine groups is 1. The molecule has 0 saturated carbocycles. The number of benzene rings is 1. The average Bonchev–Trinajstić information content (AvgIpc) is 3.05. The van der Waals surface area contributed by atoms with E-state index in [1.54, 1.807) is 21.0 Å². The number of fused-ring (bicyclic) bond motifs is 1. The number of nitrogens with one attached hydrogen (secondary N) is 4. The van der Waals surface area contributed by atoms with Crippen molar-refractivity contribution >= 4 is 23.7 Å². The van der Waals surface area contributed by atoms with Crippen LogP contribution in [-0.2, 0) is 32.0 Å². The lowest BCUT2D eigenvalue weighted by molar-refractivity contribution is -0.149. The smallest absolute Gasteiger partial charge is 0.408 e. The number of carbonyl (C=O) groups is 2. The van der Waals surface area contributed by atoms with Crippen molar-refractivity contribution in [3.05, 3.63) is 70.9 Å². The molecule has 4 heterocycles. The van der Waals surface area contributed by atoms with Crippen molar-refractivity contribution in [3.8, 4) is 0 Å². The fourth-order valence-corrected chi connectivity index (χ4v) is 5.63. The van der Waals surface area contributed by atoms with E-state index in [0.717, 1.165) is 68.2 Å². The Hall–Kier alpha value is -4.48. The maximum atomic E-state index is 12.9. The predicted molar refractivity (Wildman–Crippen MR) is 167 cm³/mol. The van der Waals surface area contributed by atoms with Crippen LogP contribution in [0.15, 0.2) is 59.0 Å². The third kappa shape index (κ3) is 7.91. The third-order valence-electron chi connectivity index (χ3n) is 7.88. The zero-order valence-electron chi connectivity index (χ0n) is 25.7. The lowest BCUT2D eigenvalue weighted by Gasteiger charge is -2.37. The molecule has 0 unspecified atom stereocenters. The molecule has 3 aliphatic heterocycles. The van der Waals surface area contributed by atoms with Crippen LogP contribution in [0.1, 0.15) is 55.8 Å². The van der Waals surface area contributed by atoms with E-state index in [1.807, 2.05) is 30.3 Å². The Balaban J connectivity index is 1.20. The van der Waals surface area contributed by atoms with Gasteiger partial charge in [0.2, 0.25) is 5.76 Å². The molecule has 2 aromatic rings. The van der Waals surface area contributed by atoms with Crippen molar-refractivity contribution in [1.82, 2.24) is 25.8 Å². The van der Waals surface area contributed by atoms with Gasteiger partial charge in [-0.25, -0.2) is 19.6 Å². The highest BCUT2D eigenvalue weighted by molar-refractivity contribution is 5.98. The molecule has 1 fully saturated rings. The van der Waals surface area contributed by atoms with Crippen molar-refractivity contribution in [2.45, 2.75) is 64.2 Å². The normalized spacial score (nSPS) is 17.5. The van der Waals surface area contributed by atoms with Gasteiger partial charge >= 0.3 is 12.1 Å². The Morgan fingerprint density at radius 2 is 1.89 bits per heavy atom. The molecule has 1 aromatic heterocycles. The molecular formula is C32H43N7O5. The molecule has 1 amide bonds. The summed E-state index contributed by atoms with van der Waals surface area (Å²) in [6.07, 6.45) is 3.10. The number of likely N-dealkylation sites (tertiary alicyclic amines) is 1. The van der Waals surface area contributed by atoms with Crippen molar-refractivity contribution in [1.29, 1.82) is 0 Å². The Morgan fingerprint density at radius 3 is 2.64 bits per heavy atom. The molecule has 1 aromatic carbocycles. The highest BCUT2D eigenvalue weighted by Gasteiger charge is 2.30. The van der Waals surface area contributed by atoms with E-state index < -0.39 is 18.1 Å². The van der Waals surface area contributed by atoms with Gasteiger partial charge < -0.3 is 40.4 Å². The molecule has 236 valence electrons. The number of hydrogen-bond acceptors (Lipinski definition) is 11. The molecule has 12 nitrogen and oxygen atoms in total. The summed E-state index contributed by atoms with van der Waals surface area (Å²) in [5.41, 5.74) is 3.29. The minimum absolute atomic E-state index is 0.0328. The number of aryl methyl sites for hydroxylation is 1. The highest BCUT2D eigenvalue weighted by atomic mass is 16.6. The number of ether oxygens (including phenoxy) is 3. The van der Waals surface area contributed by atoms with Crippen LogP contribution in [0.4, 0.5) is 10.6 Å². The van der Waals surface area contributed by atoms with Gasteiger partial charge in [-0.15, -0.1) is 0 Å². The van der Waals surface area contributed by atoms with E-state index in [0.29, 0.717) is 24.2 Å². The summed E-state index contributed by atoms with van der Waals surface area (Å²) in [4.78, 5) is 37.2. The Morgan fingerprint density at radius 1 is 1.09 bits per heavy atom. The molecular weight excluding hydrogens is 562 g/mol. The maximum Gasteiger partial charge on any atom is 0.408 e. The lowest BCUT2D eigenvalue weighted by Crippen LogP contribution is -2.51. The molecule has 5 rings (SSSR count). The van der Waals surface area contributed by atoms with Crippen LogP contribution < -0.4 is 21.3 Å². The summed E-state index contributed by atoms with van der Waals surface area (Å²) >= 11 is 0. The van der Waals surface area contributed by atoms with Gasteiger partial charge in [0, 0.05) is 37.8 Å². The van der Waals surface area contributed by atoms with Crippen LogP contribution >= 0.6 is 0 Å². The molecule has 1 saturated heterocycles. The number of rotatable bonds is 10. The molecule has 1 atom stereocenters. The van der Waals surface area contributed by atoms with Crippen LogP contribution in [0, 0.1) is 0 Å². The van der Waals surface area contributed by atoms with Gasteiger partial charge in [-0.1, -0.05) is 36.4 Å². The van der Waals surface area contributed by atoms with Crippen LogP contribution in [0.3, 0.4) is 0 Å². The van der Waals surface area contributed by atoms with Crippen molar-refractivity contribution in [2.75, 3.05) is 45.3 Å². The van der Waals surface area contributed by atoms with Gasteiger partial charge in [-0.05, 0) is 56.7 Å². The molecule has 12 heteroatoms. The number of aromatic nitrogens is 1. The van der Waals surface area contributed by atoms with Crippen molar-refractivity contribution in [2.24, 2.45) is 4.99 Å². The summed E-state index contributed by atoms with van der Waals surface area (Å²) in [5.74, 6) is 2.74. The fraction of sp³-hybridized carbons (Fsp3) is 0.500. The second-order valence-corrected chi connectivity index (χ2v) is 11.4. The van der Waals surface area contributed by atoms with E-state index in [4.69, 9.17) is 19.2 Å². The van der Waals surface area contributed by atoms with Gasteiger partial charge in [-0.3, -0.25) is 0 Å². The van der Waals surface area contributed by atoms with Crippen LogP contribution in [0.5, 0.6) is 0 Å². The first kappa shape index (κ1) is 31.0. The standard InChI is InChI=1S/C32H43N7O5/c1-21(2)44-31(40)26(38-32(41)43-19-22-8-5-4-6-9-22)18-34-29-27(42-3)30(36-20-35-29)39-16-13-23(14-17-39)25-12-11-24-10-7-15-33-28(24)37-25/h4-6,8-9,11-12,21,23,26,36H,7,10,13-20H2,1-3H3,(H,33,37)(H,34,35)(H,38,41)/t26-/m0/s1. The molecule has 3 aliphatic rings. The third-order valence-corrected chi connectivity index (χ3v) is 7.88. The topological polar surface area (TPSA) is 138 Å². The van der Waals surface area contributed by atoms with Gasteiger partial charge in [0.1, 0.15) is 25.1 Å². The molecule has 44 heavy (non-hydrogen) atoms. The van der Waals surface area contributed by atoms with E-state index >= 15 is 0 Å². The van der Waals surface area contributed by atoms with Gasteiger partial charge in [0.25, 0.3) is 0 Å². The number of carbonyl (C=O) groups excluding carboxylic acids is 2. The fourth-order valence-electron chi connectivity index (χ4n) is 5.63. The molecule has 0 spiro atoms. The van der Waals surface area contributed by atoms with Gasteiger partial charge in [-0.2, -0.15) is 0 Å². The number of alkyl carbamates (subject to hydrolysis) is 1. The zero-order valence-corrected chi connectivity index (χ0v) is 25.7. The molecule has 0 aliphatic carbocycles. The Labute approximate surface area is 258 Å². The SMILES string of the molecule is COC1=C(N2CCC(c3ccc4c(n3)NCCC4)CC2)NCN=C1NC[C@H](NC(=O)OCc1ccccc1)C(=O)OC(C)C. The molecule has 0 bridgehead atoms. The number of aliphatic imine (C=N–C) groups is 1. The largest absolute Gasteiger partial charge is 0.490 e. The van der Waals surface area contributed by atoms with E-state index in [-0.39, 0.29) is 19.3 Å². The second kappa shape index (κ2) is 14.8. The number of amides is 1. The second-order valence-electron chi connectivity index (χ2n) is 11.4. The summed E-state index contributed by atoms with van der Waals surface area (Å²) < 4.78 is 16.5. The Kier molecular flexibility index (Phi) is 10.4. The molecule has 4 N–H and O–H groups in total. The Bertz CT molecular complexity index is 1360. The minimum atomic E-state index is -1.01. The summed E-state index contributed by atoms with van der Waals surface area (Å²) in [5, 5.41) is 12.6. The first-order valence-corrected chi connectivity index (χ1v) is 15.4. The number of hydrogen-bond donors (Lipinski definition) is 4. The number of anilines is 1. The van der Waals surface area contributed by atoms with E-state index in [1.165, 1.54) is 5.56 Å². The van der Waals surface area contributed by atoms with Gasteiger partial charge in [0.15, 0.2) is 11.7 Å². The average molecular weight is 606 g/mol. The number of esters is 1. The predicted octanol–water partition coefficient (Wildman–Crippen LogP) is 3.23. The number of nitrogens with zero attached hydrogens (tertiary/aromatic N) is 3. The van der Waals surface area contributed by atoms with Crippen LogP contribution in [0.25, 0.3) is 0 Å². The zero-order chi connectivity index (χ0) is 30.9. The van der Waals surface area contributed by atoms with Crippen molar-refractivity contribution < 1.29 is 23.8 Å². The number of pyridine rings is 1. The first-order chi connectivity index (χ1) is 21.4.